The highest BCUT2D eigenvalue weighted by Crippen LogP contribution is 2.18. The van der Waals surface area contributed by atoms with E-state index in [1.165, 1.54) is 7.11 Å². The summed E-state index contributed by atoms with van der Waals surface area (Å²) in [5.41, 5.74) is -0.120. The molecule has 0 aromatic heterocycles. The van der Waals surface area contributed by atoms with E-state index in [1.807, 2.05) is 20.8 Å². The molecular weight excluding hydrogens is 288 g/mol. The highest BCUT2D eigenvalue weighted by molar-refractivity contribution is 5.96. The SMILES string of the molecule is CCC(=O)OC(=O)CC(C)(C)C.COC(=O)CC(=O)C(C)C. The Balaban J connectivity index is 0. The van der Waals surface area contributed by atoms with Gasteiger partial charge in [0.1, 0.15) is 12.2 Å². The maximum Gasteiger partial charge on any atom is 0.313 e. The van der Waals surface area contributed by atoms with E-state index in [1.54, 1.807) is 20.8 Å². The number of ether oxygens (including phenoxy) is 2. The van der Waals surface area contributed by atoms with Crippen molar-refractivity contribution in [3.63, 3.8) is 0 Å². The lowest BCUT2D eigenvalue weighted by atomic mass is 9.92. The van der Waals surface area contributed by atoms with Crippen molar-refractivity contribution in [1.82, 2.24) is 0 Å². The molecule has 0 aromatic rings. The Labute approximate surface area is 132 Å². The van der Waals surface area contributed by atoms with Gasteiger partial charge in [-0.3, -0.25) is 19.2 Å². The number of rotatable bonds is 5. The highest BCUT2D eigenvalue weighted by atomic mass is 16.6. The second-order valence-corrected chi connectivity index (χ2v) is 6.31. The number of Topliss-reactive ketones (excluding diaryl/α,β-unsaturated/α-hetero) is 1. The van der Waals surface area contributed by atoms with E-state index in [0.717, 1.165) is 0 Å². The molecule has 0 saturated carbocycles. The Kier molecular flexibility index (Phi) is 11.2. The Morgan fingerprint density at radius 3 is 1.77 bits per heavy atom. The molecule has 0 N–H and O–H groups in total. The molecule has 0 aliphatic carbocycles. The van der Waals surface area contributed by atoms with Crippen molar-refractivity contribution >= 4 is 23.7 Å². The Bertz CT molecular complexity index is 390. The second kappa shape index (κ2) is 10.9. The fourth-order valence-electron chi connectivity index (χ4n) is 1.09. The zero-order valence-electron chi connectivity index (χ0n) is 14.6. The monoisotopic (exact) mass is 316 g/mol. The van der Waals surface area contributed by atoms with E-state index in [2.05, 4.69) is 9.47 Å². The first-order valence-corrected chi connectivity index (χ1v) is 7.26. The molecular formula is C16H28O6. The number of ketones is 1. The molecule has 0 spiro atoms. The molecule has 0 amide bonds. The van der Waals surface area contributed by atoms with Crippen LogP contribution in [0, 0.1) is 11.3 Å². The van der Waals surface area contributed by atoms with Gasteiger partial charge in [0.2, 0.25) is 0 Å². The second-order valence-electron chi connectivity index (χ2n) is 6.31. The first-order chi connectivity index (χ1) is 9.92. The molecule has 128 valence electrons. The molecule has 0 radical (unpaired) electrons. The van der Waals surface area contributed by atoms with Crippen LogP contribution in [-0.2, 0) is 28.7 Å². The van der Waals surface area contributed by atoms with Gasteiger partial charge in [-0.05, 0) is 5.41 Å². The summed E-state index contributed by atoms with van der Waals surface area (Å²) in [5, 5.41) is 0. The lowest BCUT2D eigenvalue weighted by Crippen LogP contribution is -2.18. The van der Waals surface area contributed by atoms with Crippen molar-refractivity contribution < 1.29 is 28.7 Å². The van der Waals surface area contributed by atoms with Gasteiger partial charge in [0.25, 0.3) is 0 Å². The van der Waals surface area contributed by atoms with Crippen molar-refractivity contribution in [2.75, 3.05) is 7.11 Å². The normalized spacial score (nSPS) is 10.4. The minimum absolute atomic E-state index is 0.0770. The number of esters is 3. The maximum absolute atomic E-state index is 11.0. The van der Waals surface area contributed by atoms with E-state index in [-0.39, 0.29) is 36.4 Å². The summed E-state index contributed by atoms with van der Waals surface area (Å²) < 4.78 is 8.81. The lowest BCUT2D eigenvalue weighted by molar-refractivity contribution is -0.160. The van der Waals surface area contributed by atoms with Gasteiger partial charge < -0.3 is 9.47 Å². The molecule has 0 aromatic carbocycles. The molecule has 6 heteroatoms. The van der Waals surface area contributed by atoms with Crippen molar-refractivity contribution in [2.45, 2.75) is 60.8 Å². The number of hydrogen-bond donors (Lipinski definition) is 0. The molecule has 0 bridgehead atoms. The number of carbonyl (C=O) groups excluding carboxylic acids is 4. The van der Waals surface area contributed by atoms with E-state index < -0.39 is 17.9 Å². The van der Waals surface area contributed by atoms with Crippen LogP contribution in [0.2, 0.25) is 0 Å². The molecule has 22 heavy (non-hydrogen) atoms. The van der Waals surface area contributed by atoms with Crippen LogP contribution in [-0.4, -0.2) is 30.8 Å². The summed E-state index contributed by atoms with van der Waals surface area (Å²) in [4.78, 5) is 42.9. The third-order valence-electron chi connectivity index (χ3n) is 2.38. The molecule has 0 aliphatic rings. The molecule has 0 saturated heterocycles. The third kappa shape index (κ3) is 14.7. The Morgan fingerprint density at radius 1 is 0.955 bits per heavy atom. The van der Waals surface area contributed by atoms with Gasteiger partial charge >= 0.3 is 17.9 Å². The highest BCUT2D eigenvalue weighted by Gasteiger charge is 2.18. The van der Waals surface area contributed by atoms with Gasteiger partial charge in [0.15, 0.2) is 0 Å². The van der Waals surface area contributed by atoms with Crippen LogP contribution >= 0.6 is 0 Å². The fraction of sp³-hybridized carbons (Fsp3) is 0.750. The number of carbonyl (C=O) groups is 4. The van der Waals surface area contributed by atoms with E-state index in [4.69, 9.17) is 0 Å². The van der Waals surface area contributed by atoms with Crippen LogP contribution in [0.5, 0.6) is 0 Å². The van der Waals surface area contributed by atoms with E-state index >= 15 is 0 Å². The topological polar surface area (TPSA) is 86.7 Å². The van der Waals surface area contributed by atoms with Crippen LogP contribution in [0.3, 0.4) is 0 Å². The fourth-order valence-corrected chi connectivity index (χ4v) is 1.09. The van der Waals surface area contributed by atoms with Crippen molar-refractivity contribution in [2.24, 2.45) is 11.3 Å². The Morgan fingerprint density at radius 2 is 1.45 bits per heavy atom. The number of methoxy groups -OCH3 is 1. The van der Waals surface area contributed by atoms with Crippen molar-refractivity contribution in [3.8, 4) is 0 Å². The van der Waals surface area contributed by atoms with Crippen LogP contribution < -0.4 is 0 Å². The molecule has 0 aliphatic heterocycles. The van der Waals surface area contributed by atoms with Gasteiger partial charge in [0.05, 0.1) is 13.5 Å². The van der Waals surface area contributed by atoms with Gasteiger partial charge in [-0.15, -0.1) is 0 Å². The average Bonchev–Trinajstić information content (AvgIpc) is 2.36. The van der Waals surface area contributed by atoms with Gasteiger partial charge in [0, 0.05) is 12.3 Å². The average molecular weight is 316 g/mol. The van der Waals surface area contributed by atoms with Crippen LogP contribution in [0.15, 0.2) is 0 Å². The summed E-state index contributed by atoms with van der Waals surface area (Å²) in [6.45, 7) is 10.9. The smallest absolute Gasteiger partial charge is 0.313 e. The summed E-state index contributed by atoms with van der Waals surface area (Å²) in [6, 6.07) is 0. The van der Waals surface area contributed by atoms with Gasteiger partial charge in [-0.25, -0.2) is 0 Å². The predicted molar refractivity (Wildman–Crippen MR) is 81.9 cm³/mol. The summed E-state index contributed by atoms with van der Waals surface area (Å²) in [6.07, 6.45) is 0.419. The Hall–Kier alpha value is -1.72. The molecule has 0 atom stereocenters. The van der Waals surface area contributed by atoms with E-state index in [0.29, 0.717) is 0 Å². The first-order valence-electron chi connectivity index (χ1n) is 7.26. The van der Waals surface area contributed by atoms with E-state index in [9.17, 15) is 19.2 Å². The molecule has 0 fully saturated rings. The van der Waals surface area contributed by atoms with Crippen molar-refractivity contribution in [1.29, 1.82) is 0 Å². The molecule has 0 rings (SSSR count). The lowest BCUT2D eigenvalue weighted by Gasteiger charge is -2.15. The molecule has 6 nitrogen and oxygen atoms in total. The number of hydrogen-bond acceptors (Lipinski definition) is 6. The summed E-state index contributed by atoms with van der Waals surface area (Å²) in [5.74, 6) is -1.51. The minimum atomic E-state index is -0.460. The standard InChI is InChI=1S/C9H16O3.C7H12O3/c1-5-7(10)12-8(11)6-9(2,3)4;1-5(2)6(8)4-7(9)10-3/h5-6H2,1-4H3;5H,4H2,1-3H3. The minimum Gasteiger partial charge on any atom is -0.469 e. The zero-order valence-corrected chi connectivity index (χ0v) is 14.6. The van der Waals surface area contributed by atoms with Gasteiger partial charge in [-0.2, -0.15) is 0 Å². The quantitative estimate of drug-likeness (QED) is 0.572. The zero-order chi connectivity index (χ0) is 17.9. The predicted octanol–water partition coefficient (Wildman–Crippen LogP) is 2.68. The van der Waals surface area contributed by atoms with Crippen LogP contribution in [0.1, 0.15) is 60.8 Å². The maximum atomic E-state index is 11.0. The van der Waals surface area contributed by atoms with Crippen LogP contribution in [0.25, 0.3) is 0 Å². The molecule has 0 unspecified atom stereocenters. The summed E-state index contributed by atoms with van der Waals surface area (Å²) in [7, 11) is 1.27. The van der Waals surface area contributed by atoms with Crippen molar-refractivity contribution in [3.05, 3.63) is 0 Å². The van der Waals surface area contributed by atoms with Gasteiger partial charge in [-0.1, -0.05) is 41.5 Å². The van der Waals surface area contributed by atoms with Crippen LogP contribution in [0.4, 0.5) is 0 Å². The first kappa shape index (κ1) is 22.6. The molecule has 0 heterocycles. The summed E-state index contributed by atoms with van der Waals surface area (Å²) >= 11 is 0. The largest absolute Gasteiger partial charge is 0.469 e. The third-order valence-corrected chi connectivity index (χ3v) is 2.38.